The number of allylic oxidation sites excluding steroid dienone is 1. The van der Waals surface area contributed by atoms with Gasteiger partial charge in [-0.15, -0.1) is 11.8 Å². The van der Waals surface area contributed by atoms with E-state index in [2.05, 4.69) is 22.9 Å². The highest BCUT2D eigenvalue weighted by Crippen LogP contribution is 2.31. The zero-order valence-corrected chi connectivity index (χ0v) is 27.8. The molecule has 11 heteroatoms. The summed E-state index contributed by atoms with van der Waals surface area (Å²) in [5, 5.41) is 9.70. The number of aliphatic imine (C=N–C) groups is 1. The first-order valence-corrected chi connectivity index (χ1v) is 17.4. The van der Waals surface area contributed by atoms with Crippen LogP contribution < -0.4 is 16.0 Å². The van der Waals surface area contributed by atoms with Crippen LogP contribution in [0.1, 0.15) is 96.0 Å². The van der Waals surface area contributed by atoms with E-state index >= 15 is 0 Å². The largest absolute Gasteiger partial charge is 0.350 e. The molecule has 3 atom stereocenters. The zero-order chi connectivity index (χ0) is 31.4. The van der Waals surface area contributed by atoms with Gasteiger partial charge < -0.3 is 16.0 Å². The maximum absolute atomic E-state index is 13.4. The summed E-state index contributed by atoms with van der Waals surface area (Å²) < 4.78 is 0. The second-order valence-corrected chi connectivity index (χ2v) is 14.0. The fourth-order valence-electron chi connectivity index (χ4n) is 4.86. The quantitative estimate of drug-likeness (QED) is 0.236. The minimum Gasteiger partial charge on any atom is -0.350 e. The molecule has 2 aliphatic heterocycles. The van der Waals surface area contributed by atoms with Crippen LogP contribution >= 0.6 is 23.5 Å². The number of aryl methyl sites for hydroxylation is 1. The number of hydrogen-bond acceptors (Lipinski definition) is 8. The van der Waals surface area contributed by atoms with Crippen LogP contribution in [-0.2, 0) is 25.7 Å². The standard InChI is InChI=1S/C32H47N5O4S2/c1-6-7-8-9-10-14-27(39)42-15-12-11-13-23-18-26(38)33-19-24-16-22(4)17-25(34-24)30-37-32(5,20-43-30)31(41)36-28(21(2)3)29(40)35-23/h11,13,16-17,21,23,28H,6-10,12,14-15,18-20H2,1-5H3,(H,33,38)(H,35,40)(H,36,41)/b13-11+/t23-,28?,32+/m1/s1. The molecule has 0 saturated carbocycles. The van der Waals surface area contributed by atoms with Gasteiger partial charge in [0, 0.05) is 17.9 Å². The van der Waals surface area contributed by atoms with Gasteiger partial charge in [0.05, 0.1) is 30.4 Å². The van der Waals surface area contributed by atoms with Crippen molar-refractivity contribution in [3.8, 4) is 0 Å². The minimum atomic E-state index is -1.03. The monoisotopic (exact) mass is 629 g/mol. The first kappa shape index (κ1) is 34.8. The molecule has 1 aromatic rings. The van der Waals surface area contributed by atoms with E-state index in [1.54, 1.807) is 6.92 Å². The molecule has 0 saturated heterocycles. The van der Waals surface area contributed by atoms with Gasteiger partial charge in [-0.2, -0.15) is 0 Å². The number of rotatable bonds is 11. The third-order valence-corrected chi connectivity index (χ3v) is 9.65. The van der Waals surface area contributed by atoms with Gasteiger partial charge in [-0.25, -0.2) is 4.98 Å². The molecule has 1 aromatic heterocycles. The minimum absolute atomic E-state index is 0.0315. The number of nitrogens with one attached hydrogen (secondary N) is 3. The van der Waals surface area contributed by atoms with Crippen molar-refractivity contribution >= 4 is 51.4 Å². The molecule has 3 heterocycles. The normalized spacial score (nSPS) is 23.2. The first-order valence-electron chi connectivity index (χ1n) is 15.4. The van der Waals surface area contributed by atoms with Crippen LogP contribution in [0, 0.1) is 12.8 Å². The average Bonchev–Trinajstić information content (AvgIpc) is 3.36. The molecule has 43 heavy (non-hydrogen) atoms. The summed E-state index contributed by atoms with van der Waals surface area (Å²) in [6.45, 7) is 9.89. The number of thioether (sulfide) groups is 2. The lowest BCUT2D eigenvalue weighted by Gasteiger charge is -2.27. The van der Waals surface area contributed by atoms with Gasteiger partial charge >= 0.3 is 0 Å². The molecule has 0 aliphatic carbocycles. The first-order chi connectivity index (χ1) is 20.5. The predicted molar refractivity (Wildman–Crippen MR) is 176 cm³/mol. The van der Waals surface area contributed by atoms with Crippen LogP contribution in [0.4, 0.5) is 0 Å². The Labute approximate surface area is 264 Å². The molecule has 3 rings (SSSR count). The van der Waals surface area contributed by atoms with Crippen LogP contribution in [0.15, 0.2) is 29.3 Å². The molecule has 0 fully saturated rings. The summed E-state index contributed by atoms with van der Waals surface area (Å²) in [6.07, 6.45) is 10.6. The van der Waals surface area contributed by atoms with Crippen molar-refractivity contribution in [1.82, 2.24) is 20.9 Å². The van der Waals surface area contributed by atoms with E-state index in [1.165, 1.54) is 42.8 Å². The van der Waals surface area contributed by atoms with Gasteiger partial charge in [-0.05, 0) is 50.3 Å². The SMILES string of the molecule is CCCCCCCC(=O)SCC/C=C/[C@@H]1CC(=O)NCc2cc(C)cc(n2)C2=N[C@@](C)(CS2)C(=O)NC(C(C)C)C(=O)N1. The summed E-state index contributed by atoms with van der Waals surface area (Å²) in [5.41, 5.74) is 1.32. The highest BCUT2D eigenvalue weighted by Gasteiger charge is 2.41. The third kappa shape index (κ3) is 11.1. The molecule has 1 unspecified atom stereocenters. The van der Waals surface area contributed by atoms with Crippen molar-refractivity contribution in [3.05, 3.63) is 41.2 Å². The summed E-state index contributed by atoms with van der Waals surface area (Å²) >= 11 is 2.80. The predicted octanol–water partition coefficient (Wildman–Crippen LogP) is 4.85. The fourth-order valence-corrected chi connectivity index (χ4v) is 6.77. The number of fused-ring (bicyclic) bond motifs is 4. The third-order valence-electron chi connectivity index (χ3n) is 7.41. The van der Waals surface area contributed by atoms with Crippen LogP contribution in [0.2, 0.25) is 0 Å². The lowest BCUT2D eigenvalue weighted by molar-refractivity contribution is -0.132. The zero-order valence-electron chi connectivity index (χ0n) is 26.2. The molecule has 236 valence electrons. The Morgan fingerprint density at radius 2 is 1.93 bits per heavy atom. The Balaban J connectivity index is 1.72. The van der Waals surface area contributed by atoms with Crippen molar-refractivity contribution in [2.45, 2.75) is 110 Å². The van der Waals surface area contributed by atoms with Crippen molar-refractivity contribution in [1.29, 1.82) is 0 Å². The van der Waals surface area contributed by atoms with Gasteiger partial charge in [0.25, 0.3) is 0 Å². The number of aromatic nitrogens is 1. The highest BCUT2D eigenvalue weighted by atomic mass is 32.2. The second-order valence-electron chi connectivity index (χ2n) is 11.9. The van der Waals surface area contributed by atoms with Gasteiger partial charge in [-0.3, -0.25) is 24.2 Å². The van der Waals surface area contributed by atoms with E-state index in [0.717, 1.165) is 18.4 Å². The van der Waals surface area contributed by atoms with E-state index in [-0.39, 0.29) is 41.7 Å². The number of nitrogens with zero attached hydrogens (tertiary/aromatic N) is 2. The fraction of sp³-hybridized carbons (Fsp3) is 0.625. The van der Waals surface area contributed by atoms with Gasteiger partial charge in [-0.1, -0.05) is 70.4 Å². The van der Waals surface area contributed by atoms with Gasteiger partial charge in [0.1, 0.15) is 16.6 Å². The molecule has 2 aliphatic rings. The number of carbonyl (C=O) groups is 4. The summed E-state index contributed by atoms with van der Waals surface area (Å²) in [6, 6.07) is 2.46. The molecule has 4 bridgehead atoms. The Bertz CT molecular complexity index is 1220. The maximum Gasteiger partial charge on any atom is 0.249 e. The number of pyridine rings is 1. The van der Waals surface area contributed by atoms with Crippen LogP contribution in [0.25, 0.3) is 0 Å². The topological polar surface area (TPSA) is 130 Å². The molecular weight excluding hydrogens is 583 g/mol. The Kier molecular flexibility index (Phi) is 13.8. The lowest BCUT2D eigenvalue weighted by Crippen LogP contribution is -2.56. The summed E-state index contributed by atoms with van der Waals surface area (Å²) in [7, 11) is 0. The second kappa shape index (κ2) is 17.0. The molecule has 0 aromatic carbocycles. The smallest absolute Gasteiger partial charge is 0.249 e. The van der Waals surface area contributed by atoms with E-state index in [9.17, 15) is 19.2 Å². The maximum atomic E-state index is 13.4. The average molecular weight is 630 g/mol. The number of amides is 3. The van der Waals surface area contributed by atoms with Crippen LogP contribution in [0.5, 0.6) is 0 Å². The van der Waals surface area contributed by atoms with Crippen LogP contribution in [-0.4, -0.2) is 62.0 Å². The lowest BCUT2D eigenvalue weighted by atomic mass is 9.99. The van der Waals surface area contributed by atoms with Gasteiger partial charge in [0.2, 0.25) is 17.7 Å². The number of carbonyl (C=O) groups excluding carboxylic acids is 4. The van der Waals surface area contributed by atoms with E-state index < -0.39 is 17.6 Å². The van der Waals surface area contributed by atoms with Crippen molar-refractivity contribution in [3.63, 3.8) is 0 Å². The molecule has 9 nitrogen and oxygen atoms in total. The van der Waals surface area contributed by atoms with Crippen molar-refractivity contribution in [2.75, 3.05) is 11.5 Å². The molecule has 0 radical (unpaired) electrons. The van der Waals surface area contributed by atoms with E-state index in [4.69, 9.17) is 9.98 Å². The van der Waals surface area contributed by atoms with E-state index in [0.29, 0.717) is 40.8 Å². The van der Waals surface area contributed by atoms with Gasteiger partial charge in [0.15, 0.2) is 5.12 Å². The van der Waals surface area contributed by atoms with E-state index in [1.807, 2.05) is 45.1 Å². The Hall–Kier alpha value is -2.66. The Morgan fingerprint density at radius 1 is 1.16 bits per heavy atom. The summed E-state index contributed by atoms with van der Waals surface area (Å²) in [4.78, 5) is 61.5. The molecule has 3 amide bonds. The molecule has 3 N–H and O–H groups in total. The molecular formula is C32H47N5O4S2. The Morgan fingerprint density at radius 3 is 2.67 bits per heavy atom. The van der Waals surface area contributed by atoms with Crippen molar-refractivity contribution in [2.24, 2.45) is 10.9 Å². The molecule has 0 spiro atoms. The summed E-state index contributed by atoms with van der Waals surface area (Å²) in [5.74, 6) is -0.0141. The van der Waals surface area contributed by atoms with Crippen molar-refractivity contribution < 1.29 is 19.2 Å². The van der Waals surface area contributed by atoms with Crippen LogP contribution in [0.3, 0.4) is 0 Å². The highest BCUT2D eigenvalue weighted by molar-refractivity contribution is 8.14. The number of unbranched alkanes of at least 4 members (excludes halogenated alkanes) is 4. The number of hydrogen-bond donors (Lipinski definition) is 3.